The average Bonchev–Trinajstić information content (AvgIpc) is 2.78. The van der Waals surface area contributed by atoms with Crippen LogP contribution in [-0.2, 0) is 16.1 Å². The van der Waals surface area contributed by atoms with Crippen LogP contribution in [0.15, 0.2) is 53.4 Å². The molecular formula is C24H31ClN2O3S. The molecule has 31 heavy (non-hydrogen) atoms. The fourth-order valence-electron chi connectivity index (χ4n) is 3.05. The molecule has 0 unspecified atom stereocenters. The van der Waals surface area contributed by atoms with Crippen molar-refractivity contribution in [3.63, 3.8) is 0 Å². The molecule has 0 radical (unpaired) electrons. The third kappa shape index (κ3) is 7.78. The normalized spacial score (nSPS) is 12.7. The topological polar surface area (TPSA) is 58.6 Å². The van der Waals surface area contributed by atoms with Gasteiger partial charge in [-0.25, -0.2) is 0 Å². The van der Waals surface area contributed by atoms with E-state index in [1.165, 1.54) is 11.8 Å². The fraction of sp³-hybridized carbons (Fsp3) is 0.417. The second kappa shape index (κ2) is 12.6. The Balaban J connectivity index is 2.20. The molecule has 0 aliphatic carbocycles. The van der Waals surface area contributed by atoms with Gasteiger partial charge in [-0.3, -0.25) is 9.59 Å². The van der Waals surface area contributed by atoms with Gasteiger partial charge in [-0.2, -0.15) is 0 Å². The highest BCUT2D eigenvalue weighted by Crippen LogP contribution is 2.23. The van der Waals surface area contributed by atoms with Gasteiger partial charge in [0.2, 0.25) is 11.8 Å². The summed E-state index contributed by atoms with van der Waals surface area (Å²) in [5, 5.41) is 3.68. The molecule has 2 aromatic rings. The van der Waals surface area contributed by atoms with E-state index in [1.54, 1.807) is 24.1 Å². The van der Waals surface area contributed by atoms with E-state index >= 15 is 0 Å². The predicted octanol–water partition coefficient (Wildman–Crippen LogP) is 5.16. The second-order valence-corrected chi connectivity index (χ2v) is 8.84. The third-order valence-corrected chi connectivity index (χ3v) is 6.32. The van der Waals surface area contributed by atoms with Crippen LogP contribution >= 0.6 is 23.4 Å². The van der Waals surface area contributed by atoms with Gasteiger partial charge >= 0.3 is 0 Å². The Bertz CT molecular complexity index is 843. The van der Waals surface area contributed by atoms with E-state index < -0.39 is 6.04 Å². The van der Waals surface area contributed by atoms with Gasteiger partial charge in [-0.1, -0.05) is 37.6 Å². The highest BCUT2D eigenvalue weighted by atomic mass is 35.5. The zero-order valence-electron chi connectivity index (χ0n) is 18.6. The molecule has 2 aromatic carbocycles. The van der Waals surface area contributed by atoms with Gasteiger partial charge in [0.25, 0.3) is 0 Å². The number of thioether (sulfide) groups is 1. The first kappa shape index (κ1) is 25.1. The lowest BCUT2D eigenvalue weighted by atomic mass is 10.1. The maximum Gasteiger partial charge on any atom is 0.243 e. The number of carbonyl (C=O) groups is 2. The molecule has 0 aliphatic rings. The number of methoxy groups -OCH3 is 1. The summed E-state index contributed by atoms with van der Waals surface area (Å²) in [5.74, 6) is 0.795. The Morgan fingerprint density at radius 3 is 2.26 bits per heavy atom. The summed E-state index contributed by atoms with van der Waals surface area (Å²) in [6.45, 7) is 6.28. The lowest BCUT2D eigenvalue weighted by Gasteiger charge is -2.31. The summed E-state index contributed by atoms with van der Waals surface area (Å²) in [6.07, 6.45) is 1.37. The SMILES string of the molecule is CC[C@H](C)NC(=O)[C@H](CC)N(Cc1ccc(OC)cc1)C(=O)CSc1ccc(Cl)cc1. The molecule has 1 N–H and O–H groups in total. The first-order valence-corrected chi connectivity index (χ1v) is 11.8. The Hall–Kier alpha value is -2.18. The minimum Gasteiger partial charge on any atom is -0.497 e. The lowest BCUT2D eigenvalue weighted by molar-refractivity contribution is -0.139. The van der Waals surface area contributed by atoms with Crippen molar-refractivity contribution < 1.29 is 14.3 Å². The molecule has 5 nitrogen and oxygen atoms in total. The Labute approximate surface area is 194 Å². The Kier molecular flexibility index (Phi) is 10.2. The number of rotatable bonds is 11. The molecule has 0 fully saturated rings. The van der Waals surface area contributed by atoms with Crippen LogP contribution < -0.4 is 10.1 Å². The zero-order valence-corrected chi connectivity index (χ0v) is 20.1. The lowest BCUT2D eigenvalue weighted by Crippen LogP contribution is -2.51. The number of nitrogens with one attached hydrogen (secondary N) is 1. The average molecular weight is 463 g/mol. The van der Waals surface area contributed by atoms with Crippen LogP contribution in [0.25, 0.3) is 0 Å². The van der Waals surface area contributed by atoms with Crippen LogP contribution in [0.5, 0.6) is 5.75 Å². The summed E-state index contributed by atoms with van der Waals surface area (Å²) in [4.78, 5) is 28.8. The predicted molar refractivity (Wildman–Crippen MR) is 128 cm³/mol. The van der Waals surface area contributed by atoms with E-state index in [0.717, 1.165) is 22.6 Å². The minimum absolute atomic E-state index is 0.0583. The summed E-state index contributed by atoms with van der Waals surface area (Å²) in [5.41, 5.74) is 0.945. The van der Waals surface area contributed by atoms with Gasteiger partial charge in [0, 0.05) is 22.5 Å². The molecule has 7 heteroatoms. The standard InChI is InChI=1S/C24H31ClN2O3S/c1-5-17(3)26-24(29)22(6-2)27(15-18-7-11-20(30-4)12-8-18)23(28)16-31-21-13-9-19(25)10-14-21/h7-14,17,22H,5-6,15-16H2,1-4H3,(H,26,29)/t17-,22-/m0/s1. The molecule has 2 rings (SSSR count). The van der Waals surface area contributed by atoms with Crippen LogP contribution in [0.1, 0.15) is 39.2 Å². The Morgan fingerprint density at radius 2 is 1.71 bits per heavy atom. The smallest absolute Gasteiger partial charge is 0.243 e. The van der Waals surface area contributed by atoms with Crippen molar-refractivity contribution in [1.29, 1.82) is 0 Å². The van der Waals surface area contributed by atoms with Crippen molar-refractivity contribution in [2.75, 3.05) is 12.9 Å². The van der Waals surface area contributed by atoms with Crippen molar-refractivity contribution in [3.05, 3.63) is 59.1 Å². The summed E-state index contributed by atoms with van der Waals surface area (Å²) in [6, 6.07) is 14.5. The van der Waals surface area contributed by atoms with Crippen molar-refractivity contribution in [1.82, 2.24) is 10.2 Å². The number of halogens is 1. The number of amides is 2. The van der Waals surface area contributed by atoms with E-state index in [1.807, 2.05) is 57.2 Å². The van der Waals surface area contributed by atoms with Gasteiger partial charge in [0.1, 0.15) is 11.8 Å². The maximum absolute atomic E-state index is 13.2. The number of hydrogen-bond acceptors (Lipinski definition) is 4. The first-order chi connectivity index (χ1) is 14.9. The van der Waals surface area contributed by atoms with Gasteiger partial charge in [0.15, 0.2) is 0 Å². The quantitative estimate of drug-likeness (QED) is 0.468. The van der Waals surface area contributed by atoms with E-state index in [4.69, 9.17) is 16.3 Å². The third-order valence-electron chi connectivity index (χ3n) is 5.07. The van der Waals surface area contributed by atoms with Crippen molar-refractivity contribution in [3.8, 4) is 5.75 Å². The van der Waals surface area contributed by atoms with Crippen LogP contribution in [-0.4, -0.2) is 41.7 Å². The Morgan fingerprint density at radius 1 is 1.06 bits per heavy atom. The summed E-state index contributed by atoms with van der Waals surface area (Å²) < 4.78 is 5.22. The minimum atomic E-state index is -0.533. The van der Waals surface area contributed by atoms with Crippen molar-refractivity contribution in [2.24, 2.45) is 0 Å². The van der Waals surface area contributed by atoms with Crippen LogP contribution in [0.3, 0.4) is 0 Å². The van der Waals surface area contributed by atoms with Gasteiger partial charge in [-0.15, -0.1) is 11.8 Å². The molecule has 0 spiro atoms. The monoisotopic (exact) mass is 462 g/mol. The van der Waals surface area contributed by atoms with Gasteiger partial charge in [-0.05, 0) is 61.7 Å². The fourth-order valence-corrected chi connectivity index (χ4v) is 3.96. The molecule has 2 atom stereocenters. The van der Waals surface area contributed by atoms with E-state index in [2.05, 4.69) is 5.32 Å². The molecule has 0 bridgehead atoms. The number of nitrogens with zero attached hydrogens (tertiary/aromatic N) is 1. The summed E-state index contributed by atoms with van der Waals surface area (Å²) in [7, 11) is 1.62. The van der Waals surface area contributed by atoms with Crippen molar-refractivity contribution in [2.45, 2.75) is 57.1 Å². The largest absolute Gasteiger partial charge is 0.497 e. The molecule has 0 saturated carbocycles. The molecule has 0 saturated heterocycles. The number of hydrogen-bond donors (Lipinski definition) is 1. The number of carbonyl (C=O) groups excluding carboxylic acids is 2. The van der Waals surface area contributed by atoms with E-state index in [-0.39, 0.29) is 23.6 Å². The highest BCUT2D eigenvalue weighted by molar-refractivity contribution is 8.00. The molecule has 0 aliphatic heterocycles. The second-order valence-electron chi connectivity index (χ2n) is 7.35. The van der Waals surface area contributed by atoms with Crippen LogP contribution in [0, 0.1) is 0 Å². The first-order valence-electron chi connectivity index (χ1n) is 10.5. The molecule has 168 valence electrons. The molecule has 0 heterocycles. The summed E-state index contributed by atoms with van der Waals surface area (Å²) >= 11 is 7.39. The molecular weight excluding hydrogens is 432 g/mol. The van der Waals surface area contributed by atoms with E-state index in [0.29, 0.717) is 18.0 Å². The number of benzene rings is 2. The zero-order chi connectivity index (χ0) is 22.8. The molecule has 0 aromatic heterocycles. The van der Waals surface area contributed by atoms with Crippen LogP contribution in [0.4, 0.5) is 0 Å². The highest BCUT2D eigenvalue weighted by Gasteiger charge is 2.29. The molecule has 2 amide bonds. The van der Waals surface area contributed by atoms with Crippen molar-refractivity contribution >= 4 is 35.2 Å². The van der Waals surface area contributed by atoms with E-state index in [9.17, 15) is 9.59 Å². The van der Waals surface area contributed by atoms with Gasteiger partial charge in [0.05, 0.1) is 12.9 Å². The van der Waals surface area contributed by atoms with Crippen LogP contribution in [0.2, 0.25) is 5.02 Å². The van der Waals surface area contributed by atoms with Gasteiger partial charge < -0.3 is 15.0 Å². The maximum atomic E-state index is 13.2. The number of ether oxygens (including phenoxy) is 1.